The first kappa shape index (κ1) is 14.7. The lowest BCUT2D eigenvalue weighted by Crippen LogP contribution is -2.21. The van der Waals surface area contributed by atoms with Crippen molar-refractivity contribution in [2.45, 2.75) is 13.3 Å². The first-order chi connectivity index (χ1) is 10.2. The molecule has 1 aromatic carbocycles. The molecule has 2 rings (SSSR count). The number of aryl methyl sites for hydroxylation is 1. The Labute approximate surface area is 123 Å². The van der Waals surface area contributed by atoms with Crippen LogP contribution in [-0.2, 0) is 16.0 Å². The number of nitrogens with one attached hydrogen (secondary N) is 1. The maximum Gasteiger partial charge on any atom is 0.338 e. The van der Waals surface area contributed by atoms with Gasteiger partial charge in [-0.3, -0.25) is 9.78 Å². The van der Waals surface area contributed by atoms with E-state index in [4.69, 9.17) is 4.74 Å². The van der Waals surface area contributed by atoms with E-state index in [-0.39, 0.29) is 12.5 Å². The van der Waals surface area contributed by atoms with Crippen molar-refractivity contribution in [3.8, 4) is 0 Å². The van der Waals surface area contributed by atoms with Gasteiger partial charge in [-0.05, 0) is 36.2 Å². The van der Waals surface area contributed by atoms with E-state index in [0.717, 1.165) is 12.0 Å². The Morgan fingerprint density at radius 2 is 1.95 bits per heavy atom. The molecule has 5 nitrogen and oxygen atoms in total. The van der Waals surface area contributed by atoms with Crippen molar-refractivity contribution in [3.63, 3.8) is 0 Å². The number of nitrogens with zero attached hydrogens (tertiary/aromatic N) is 1. The van der Waals surface area contributed by atoms with E-state index in [1.54, 1.807) is 6.07 Å². The van der Waals surface area contributed by atoms with Crippen LogP contribution >= 0.6 is 0 Å². The molecule has 0 saturated carbocycles. The molecule has 21 heavy (non-hydrogen) atoms. The predicted molar refractivity (Wildman–Crippen MR) is 79.0 cm³/mol. The van der Waals surface area contributed by atoms with E-state index in [1.165, 1.54) is 24.5 Å². The second kappa shape index (κ2) is 7.19. The normalized spacial score (nSPS) is 9.95. The van der Waals surface area contributed by atoms with Crippen LogP contribution in [0.4, 0.5) is 5.69 Å². The van der Waals surface area contributed by atoms with Gasteiger partial charge in [-0.2, -0.15) is 0 Å². The highest BCUT2D eigenvalue weighted by atomic mass is 16.5. The second-order valence-electron chi connectivity index (χ2n) is 4.41. The van der Waals surface area contributed by atoms with Gasteiger partial charge in [0.2, 0.25) is 0 Å². The third-order valence-electron chi connectivity index (χ3n) is 2.87. The van der Waals surface area contributed by atoms with E-state index in [1.807, 2.05) is 25.1 Å². The summed E-state index contributed by atoms with van der Waals surface area (Å²) in [5.41, 5.74) is 2.19. The van der Waals surface area contributed by atoms with Gasteiger partial charge in [0, 0.05) is 18.1 Å². The molecule has 1 amide bonds. The monoisotopic (exact) mass is 284 g/mol. The third kappa shape index (κ3) is 4.42. The fraction of sp³-hybridized carbons (Fsp3) is 0.188. The van der Waals surface area contributed by atoms with Crippen molar-refractivity contribution in [3.05, 3.63) is 59.9 Å². The maximum absolute atomic E-state index is 11.7. The summed E-state index contributed by atoms with van der Waals surface area (Å²) in [6.45, 7) is 1.72. The average Bonchev–Trinajstić information content (AvgIpc) is 2.53. The summed E-state index contributed by atoms with van der Waals surface area (Å²) in [7, 11) is 0. The number of anilines is 1. The molecule has 0 aliphatic heterocycles. The number of carbonyl (C=O) groups excluding carboxylic acids is 2. The fourth-order valence-electron chi connectivity index (χ4n) is 1.77. The Morgan fingerprint density at radius 3 is 2.67 bits per heavy atom. The molecule has 1 heterocycles. The highest BCUT2D eigenvalue weighted by Crippen LogP contribution is 2.11. The van der Waals surface area contributed by atoms with Crippen LogP contribution in [0, 0.1) is 0 Å². The number of ether oxygens (including phenoxy) is 1. The molecule has 0 unspecified atom stereocenters. The molecule has 108 valence electrons. The van der Waals surface area contributed by atoms with E-state index in [0.29, 0.717) is 11.3 Å². The van der Waals surface area contributed by atoms with Gasteiger partial charge in [0.1, 0.15) is 0 Å². The lowest BCUT2D eigenvalue weighted by Gasteiger charge is -2.07. The minimum Gasteiger partial charge on any atom is -0.452 e. The number of benzene rings is 1. The Kier molecular flexibility index (Phi) is 5.04. The lowest BCUT2D eigenvalue weighted by molar-refractivity contribution is -0.119. The standard InChI is InChI=1S/C16H16N2O3/c1-2-12-4-3-5-14(10-12)18-15(19)11-21-16(20)13-6-8-17-9-7-13/h3-10H,2,11H2,1H3,(H,18,19). The van der Waals surface area contributed by atoms with E-state index in [2.05, 4.69) is 10.3 Å². The fourth-order valence-corrected chi connectivity index (χ4v) is 1.77. The van der Waals surface area contributed by atoms with Crippen LogP contribution in [-0.4, -0.2) is 23.5 Å². The highest BCUT2D eigenvalue weighted by molar-refractivity contribution is 5.95. The molecule has 0 fully saturated rings. The van der Waals surface area contributed by atoms with Crippen LogP contribution in [0.15, 0.2) is 48.8 Å². The van der Waals surface area contributed by atoms with E-state index in [9.17, 15) is 9.59 Å². The molecule has 2 aromatic rings. The molecule has 0 atom stereocenters. The Hall–Kier alpha value is -2.69. The van der Waals surface area contributed by atoms with Gasteiger partial charge in [0.05, 0.1) is 5.56 Å². The van der Waals surface area contributed by atoms with Crippen LogP contribution in [0.3, 0.4) is 0 Å². The van der Waals surface area contributed by atoms with Gasteiger partial charge in [0.15, 0.2) is 6.61 Å². The number of hydrogen-bond donors (Lipinski definition) is 1. The van der Waals surface area contributed by atoms with Crippen molar-refractivity contribution in [2.75, 3.05) is 11.9 Å². The van der Waals surface area contributed by atoms with Gasteiger partial charge in [-0.25, -0.2) is 4.79 Å². The van der Waals surface area contributed by atoms with Gasteiger partial charge >= 0.3 is 5.97 Å². The number of carbonyl (C=O) groups is 2. The van der Waals surface area contributed by atoms with Crippen LogP contribution in [0.25, 0.3) is 0 Å². The van der Waals surface area contributed by atoms with Crippen LogP contribution in [0.2, 0.25) is 0 Å². The van der Waals surface area contributed by atoms with Gasteiger partial charge in [-0.1, -0.05) is 19.1 Å². The number of rotatable bonds is 5. The zero-order chi connectivity index (χ0) is 15.1. The number of amides is 1. The molecule has 0 bridgehead atoms. The second-order valence-corrected chi connectivity index (χ2v) is 4.41. The zero-order valence-electron chi connectivity index (χ0n) is 11.7. The van der Waals surface area contributed by atoms with Crippen molar-refractivity contribution >= 4 is 17.6 Å². The topological polar surface area (TPSA) is 68.3 Å². The molecular formula is C16H16N2O3. The predicted octanol–water partition coefficient (Wildman–Crippen LogP) is 2.44. The first-order valence-corrected chi connectivity index (χ1v) is 6.65. The van der Waals surface area contributed by atoms with Crippen molar-refractivity contribution < 1.29 is 14.3 Å². The SMILES string of the molecule is CCc1cccc(NC(=O)COC(=O)c2ccncc2)c1. The Bertz CT molecular complexity index is 626. The van der Waals surface area contributed by atoms with Crippen molar-refractivity contribution in [2.24, 2.45) is 0 Å². The Morgan fingerprint density at radius 1 is 1.19 bits per heavy atom. The number of hydrogen-bond acceptors (Lipinski definition) is 4. The molecule has 5 heteroatoms. The quantitative estimate of drug-likeness (QED) is 0.856. The van der Waals surface area contributed by atoms with Gasteiger partial charge in [0.25, 0.3) is 5.91 Å². The summed E-state index contributed by atoms with van der Waals surface area (Å²) in [4.78, 5) is 27.2. The number of pyridine rings is 1. The van der Waals surface area contributed by atoms with Crippen LogP contribution in [0.5, 0.6) is 0 Å². The smallest absolute Gasteiger partial charge is 0.338 e. The largest absolute Gasteiger partial charge is 0.452 e. The summed E-state index contributed by atoms with van der Waals surface area (Å²) in [5.74, 6) is -0.916. The summed E-state index contributed by atoms with van der Waals surface area (Å²) >= 11 is 0. The molecule has 0 aliphatic rings. The minimum atomic E-state index is -0.546. The van der Waals surface area contributed by atoms with Crippen molar-refractivity contribution in [1.82, 2.24) is 4.98 Å². The van der Waals surface area contributed by atoms with Gasteiger partial charge < -0.3 is 10.1 Å². The Balaban J connectivity index is 1.86. The maximum atomic E-state index is 11.7. The molecule has 0 spiro atoms. The van der Waals surface area contributed by atoms with Crippen LogP contribution in [0.1, 0.15) is 22.8 Å². The van der Waals surface area contributed by atoms with E-state index < -0.39 is 5.97 Å². The zero-order valence-corrected chi connectivity index (χ0v) is 11.7. The first-order valence-electron chi connectivity index (χ1n) is 6.65. The number of esters is 1. The summed E-state index contributed by atoms with van der Waals surface area (Å²) in [6, 6.07) is 10.6. The van der Waals surface area contributed by atoms with Gasteiger partial charge in [-0.15, -0.1) is 0 Å². The highest BCUT2D eigenvalue weighted by Gasteiger charge is 2.10. The summed E-state index contributed by atoms with van der Waals surface area (Å²) < 4.78 is 4.94. The molecule has 0 radical (unpaired) electrons. The molecule has 0 aliphatic carbocycles. The lowest BCUT2D eigenvalue weighted by atomic mass is 10.1. The summed E-state index contributed by atoms with van der Waals surface area (Å²) in [5, 5.41) is 2.69. The minimum absolute atomic E-state index is 0.322. The third-order valence-corrected chi connectivity index (χ3v) is 2.87. The molecule has 1 N–H and O–H groups in total. The number of aromatic nitrogens is 1. The average molecular weight is 284 g/mol. The molecular weight excluding hydrogens is 268 g/mol. The van der Waals surface area contributed by atoms with Crippen LogP contribution < -0.4 is 5.32 Å². The van der Waals surface area contributed by atoms with E-state index >= 15 is 0 Å². The molecule has 1 aromatic heterocycles. The van der Waals surface area contributed by atoms with Crippen molar-refractivity contribution in [1.29, 1.82) is 0 Å². The molecule has 0 saturated heterocycles. The summed E-state index contributed by atoms with van der Waals surface area (Å²) in [6.07, 6.45) is 3.88.